The fraction of sp³-hybridized carbons (Fsp3) is 0.727. The molecule has 0 amide bonds. The Kier molecular flexibility index (Phi) is 6.60. The fourth-order valence-corrected chi connectivity index (χ4v) is 2.68. The van der Waals surface area contributed by atoms with E-state index in [0.29, 0.717) is 6.54 Å². The lowest BCUT2D eigenvalue weighted by molar-refractivity contribution is 0.103. The highest BCUT2D eigenvalue weighted by molar-refractivity contribution is 7.99. The van der Waals surface area contributed by atoms with Crippen LogP contribution in [0, 0.1) is 0 Å². The number of hydrogen-bond acceptors (Lipinski definition) is 6. The van der Waals surface area contributed by atoms with Gasteiger partial charge in [0.15, 0.2) is 5.16 Å². The van der Waals surface area contributed by atoms with Crippen LogP contribution in [0.15, 0.2) is 10.3 Å². The Labute approximate surface area is 123 Å². The van der Waals surface area contributed by atoms with Gasteiger partial charge in [-0.1, -0.05) is 23.8 Å². The third-order valence-corrected chi connectivity index (χ3v) is 4.05. The van der Waals surface area contributed by atoms with Crippen molar-refractivity contribution < 1.29 is 4.84 Å². The molecular formula is C11H20ClN5OS. The largest absolute Gasteiger partial charge is 0.391 e. The maximum absolute atomic E-state index is 5.52. The molecule has 0 bridgehead atoms. The molecule has 2 N–H and O–H groups in total. The smallest absolute Gasteiger partial charge is 0.191 e. The van der Waals surface area contributed by atoms with Crippen LogP contribution in [0.4, 0.5) is 0 Å². The summed E-state index contributed by atoms with van der Waals surface area (Å²) in [6.45, 7) is 2.69. The zero-order chi connectivity index (χ0) is 13.0. The van der Waals surface area contributed by atoms with Crippen molar-refractivity contribution in [2.45, 2.75) is 37.4 Å². The molecule has 1 atom stereocenters. The van der Waals surface area contributed by atoms with Gasteiger partial charge in [0.1, 0.15) is 11.9 Å². The Morgan fingerprint density at radius 3 is 2.89 bits per heavy atom. The van der Waals surface area contributed by atoms with Crippen molar-refractivity contribution >= 4 is 29.9 Å². The Morgan fingerprint density at radius 2 is 2.26 bits per heavy atom. The van der Waals surface area contributed by atoms with E-state index in [4.69, 9.17) is 10.6 Å². The average molecular weight is 306 g/mol. The number of thioether (sulfide) groups is 1. The Morgan fingerprint density at radius 1 is 1.47 bits per heavy atom. The molecule has 6 nitrogen and oxygen atoms in total. The number of nitrogens with two attached hydrogens (primary N) is 1. The van der Waals surface area contributed by atoms with Gasteiger partial charge in [-0.05, 0) is 13.0 Å². The molecule has 19 heavy (non-hydrogen) atoms. The lowest BCUT2D eigenvalue weighted by Gasteiger charge is -2.07. The number of aromatic nitrogens is 3. The summed E-state index contributed by atoms with van der Waals surface area (Å²) < 4.78 is 1.99. The molecule has 0 radical (unpaired) electrons. The van der Waals surface area contributed by atoms with Crippen LogP contribution < -0.4 is 5.73 Å². The first-order valence-corrected chi connectivity index (χ1v) is 7.15. The van der Waals surface area contributed by atoms with Gasteiger partial charge < -0.3 is 15.1 Å². The summed E-state index contributed by atoms with van der Waals surface area (Å²) >= 11 is 1.65. The maximum Gasteiger partial charge on any atom is 0.191 e. The summed E-state index contributed by atoms with van der Waals surface area (Å²) in [5.41, 5.74) is 6.66. The summed E-state index contributed by atoms with van der Waals surface area (Å²) in [6, 6.07) is 0. The monoisotopic (exact) mass is 305 g/mol. The number of oxime groups is 1. The van der Waals surface area contributed by atoms with E-state index in [2.05, 4.69) is 22.3 Å². The van der Waals surface area contributed by atoms with Gasteiger partial charge in [-0.25, -0.2) is 0 Å². The second kappa shape index (κ2) is 7.72. The number of halogens is 1. The summed E-state index contributed by atoms with van der Waals surface area (Å²) in [4.78, 5) is 5.36. The van der Waals surface area contributed by atoms with Gasteiger partial charge in [0, 0.05) is 25.6 Å². The highest BCUT2D eigenvalue weighted by Gasteiger charge is 2.21. The van der Waals surface area contributed by atoms with Crippen LogP contribution in [0.5, 0.6) is 0 Å². The normalized spacial score (nSPS) is 17.8. The van der Waals surface area contributed by atoms with E-state index in [1.165, 1.54) is 0 Å². The van der Waals surface area contributed by atoms with E-state index in [0.717, 1.165) is 41.7 Å². The molecule has 1 aliphatic rings. The number of nitrogens with zero attached hydrogens (tertiary/aromatic N) is 4. The highest BCUT2D eigenvalue weighted by atomic mass is 35.5. The van der Waals surface area contributed by atoms with E-state index in [1.54, 1.807) is 11.8 Å². The summed E-state index contributed by atoms with van der Waals surface area (Å²) in [5, 5.41) is 13.2. The standard InChI is InChI=1S/C11H19N5OS.ClH/c1-3-8-6-9(17-15-8)7-18-11-14-13-10(4-5-12)16(11)2;/h9H,3-7,12H2,1-2H3;1H. The molecular weight excluding hydrogens is 286 g/mol. The van der Waals surface area contributed by atoms with Crippen LogP contribution in [-0.2, 0) is 18.3 Å². The van der Waals surface area contributed by atoms with Gasteiger partial charge in [-0.15, -0.1) is 22.6 Å². The molecule has 0 spiro atoms. The van der Waals surface area contributed by atoms with Gasteiger partial charge in [-0.2, -0.15) is 0 Å². The fourth-order valence-electron chi connectivity index (χ4n) is 1.77. The van der Waals surface area contributed by atoms with E-state index < -0.39 is 0 Å². The van der Waals surface area contributed by atoms with Crippen molar-refractivity contribution in [1.29, 1.82) is 0 Å². The van der Waals surface area contributed by atoms with Crippen LogP contribution in [0.1, 0.15) is 25.6 Å². The second-order valence-electron chi connectivity index (χ2n) is 4.25. The lowest BCUT2D eigenvalue weighted by Crippen LogP contribution is -2.12. The van der Waals surface area contributed by atoms with Crippen LogP contribution in [0.2, 0.25) is 0 Å². The summed E-state index contributed by atoms with van der Waals surface area (Å²) in [5.74, 6) is 1.78. The van der Waals surface area contributed by atoms with Crippen molar-refractivity contribution in [2.75, 3.05) is 12.3 Å². The van der Waals surface area contributed by atoms with Gasteiger partial charge in [0.2, 0.25) is 0 Å². The summed E-state index contributed by atoms with van der Waals surface area (Å²) in [6.07, 6.45) is 2.81. The Hall–Kier alpha value is -0.790. The molecule has 2 rings (SSSR count). The van der Waals surface area contributed by atoms with Crippen molar-refractivity contribution in [3.05, 3.63) is 5.82 Å². The first kappa shape index (κ1) is 16.3. The Bertz CT molecular complexity index is 437. The third kappa shape index (κ3) is 4.09. The molecule has 2 heterocycles. The van der Waals surface area contributed by atoms with Crippen LogP contribution >= 0.6 is 24.2 Å². The van der Waals surface area contributed by atoms with Crippen molar-refractivity contribution in [2.24, 2.45) is 17.9 Å². The van der Waals surface area contributed by atoms with Crippen LogP contribution in [-0.4, -0.2) is 38.9 Å². The zero-order valence-electron chi connectivity index (χ0n) is 11.2. The molecule has 1 unspecified atom stereocenters. The number of hydrogen-bond donors (Lipinski definition) is 1. The highest BCUT2D eigenvalue weighted by Crippen LogP contribution is 2.22. The van der Waals surface area contributed by atoms with Crippen LogP contribution in [0.3, 0.4) is 0 Å². The number of rotatable bonds is 6. The SMILES string of the molecule is CCC1=NOC(CSc2nnc(CCN)n2C)C1.Cl. The van der Waals surface area contributed by atoms with Crippen LogP contribution in [0.25, 0.3) is 0 Å². The van der Waals surface area contributed by atoms with E-state index in [9.17, 15) is 0 Å². The third-order valence-electron chi connectivity index (χ3n) is 2.89. The molecule has 1 aliphatic heterocycles. The molecule has 8 heteroatoms. The molecule has 0 fully saturated rings. The molecule has 0 saturated heterocycles. The van der Waals surface area contributed by atoms with Crippen molar-refractivity contribution in [1.82, 2.24) is 14.8 Å². The first-order valence-electron chi connectivity index (χ1n) is 6.17. The minimum absolute atomic E-state index is 0. The molecule has 0 aromatic carbocycles. The summed E-state index contributed by atoms with van der Waals surface area (Å²) in [7, 11) is 1.97. The van der Waals surface area contributed by atoms with E-state index in [1.807, 2.05) is 11.6 Å². The van der Waals surface area contributed by atoms with Gasteiger partial charge in [-0.3, -0.25) is 0 Å². The second-order valence-corrected chi connectivity index (χ2v) is 5.24. The molecule has 1 aromatic rings. The minimum Gasteiger partial charge on any atom is -0.391 e. The minimum atomic E-state index is 0. The lowest BCUT2D eigenvalue weighted by atomic mass is 10.2. The predicted octanol–water partition coefficient (Wildman–Crippen LogP) is 1.39. The van der Waals surface area contributed by atoms with Crippen molar-refractivity contribution in [3.63, 3.8) is 0 Å². The quantitative estimate of drug-likeness (QED) is 0.803. The Balaban J connectivity index is 0.00000180. The molecule has 0 saturated carbocycles. The topological polar surface area (TPSA) is 78.3 Å². The molecule has 108 valence electrons. The molecule has 1 aromatic heterocycles. The van der Waals surface area contributed by atoms with Gasteiger partial charge in [0.25, 0.3) is 0 Å². The van der Waals surface area contributed by atoms with E-state index in [-0.39, 0.29) is 18.5 Å². The van der Waals surface area contributed by atoms with Gasteiger partial charge in [0.05, 0.1) is 5.71 Å². The maximum atomic E-state index is 5.52. The molecule has 0 aliphatic carbocycles. The van der Waals surface area contributed by atoms with E-state index >= 15 is 0 Å². The van der Waals surface area contributed by atoms with Crippen molar-refractivity contribution in [3.8, 4) is 0 Å². The zero-order valence-corrected chi connectivity index (χ0v) is 12.8. The average Bonchev–Trinajstić information content (AvgIpc) is 2.96. The predicted molar refractivity (Wildman–Crippen MR) is 78.9 cm³/mol. The first-order chi connectivity index (χ1) is 8.74. The van der Waals surface area contributed by atoms with Gasteiger partial charge >= 0.3 is 0 Å².